The number of nitrogens with zero attached hydrogens (tertiary/aromatic N) is 2. The molecule has 0 aromatic carbocycles. The number of hydrogen-bond acceptors (Lipinski definition) is 8. The molecule has 54 heavy (non-hydrogen) atoms. The lowest BCUT2D eigenvalue weighted by molar-refractivity contribution is -0.128. The van der Waals surface area contributed by atoms with E-state index in [0.717, 1.165) is 62.8 Å². The lowest BCUT2D eigenvalue weighted by Gasteiger charge is -2.29. The van der Waals surface area contributed by atoms with Crippen LogP contribution in [0.25, 0.3) is 12.2 Å². The van der Waals surface area contributed by atoms with Gasteiger partial charge in [-0.3, -0.25) is 19.2 Å². The molecule has 2 amide bonds. The molecule has 2 saturated carbocycles. The Kier molecular flexibility index (Phi) is 12.0. The summed E-state index contributed by atoms with van der Waals surface area (Å²) in [6.07, 6.45) is 18.6. The van der Waals surface area contributed by atoms with Gasteiger partial charge < -0.3 is 40.6 Å². The van der Waals surface area contributed by atoms with E-state index in [1.165, 1.54) is 12.8 Å². The van der Waals surface area contributed by atoms with Crippen LogP contribution in [0.15, 0.2) is 46.0 Å². The SMILES string of the molecule is C/C=C/c1ccc2n(c1=O)C[C@H]1N[C@@H]2[C@@H](C(=O)NC2CCCCC2)[C@@H]1CO.C/C=C\c1ccc2n(c1=O)C[C@H]1N[C@@H]2[C@@H](C(=O)NC2CCCCC2)[C@@H]1CO. The molecule has 2 aliphatic carbocycles. The van der Waals surface area contributed by atoms with Gasteiger partial charge in [0, 0.05) is 84.8 Å². The van der Waals surface area contributed by atoms with Crippen LogP contribution >= 0.6 is 0 Å². The van der Waals surface area contributed by atoms with Gasteiger partial charge in [-0.25, -0.2) is 0 Å². The second kappa shape index (κ2) is 16.9. The van der Waals surface area contributed by atoms with Crippen LogP contribution in [-0.4, -0.2) is 68.5 Å². The summed E-state index contributed by atoms with van der Waals surface area (Å²) in [5.74, 6) is -1.02. The third kappa shape index (κ3) is 7.42. The number of nitrogens with one attached hydrogen (secondary N) is 4. The molecule has 6 heterocycles. The number of aliphatic hydroxyl groups is 2. The Bertz CT molecular complexity index is 1720. The summed E-state index contributed by atoms with van der Waals surface area (Å²) in [4.78, 5) is 51.9. The van der Waals surface area contributed by atoms with Crippen molar-refractivity contribution in [2.24, 2.45) is 23.7 Å². The number of aliphatic hydroxyl groups excluding tert-OH is 2. The normalized spacial score (nSPS) is 30.4. The van der Waals surface area contributed by atoms with E-state index in [0.29, 0.717) is 24.2 Å². The fraction of sp³-hybridized carbons (Fsp3) is 0.619. The number of carbonyl (C=O) groups is 2. The summed E-state index contributed by atoms with van der Waals surface area (Å²) in [6, 6.07) is 7.47. The molecule has 12 nitrogen and oxygen atoms in total. The van der Waals surface area contributed by atoms with Crippen LogP contribution in [0.1, 0.15) is 113 Å². The van der Waals surface area contributed by atoms with Gasteiger partial charge >= 0.3 is 0 Å². The maximum Gasteiger partial charge on any atom is 0.258 e. The third-order valence-electron chi connectivity index (χ3n) is 13.0. The Balaban J connectivity index is 0.000000167. The molecule has 8 rings (SSSR count). The first-order valence-corrected chi connectivity index (χ1v) is 20.3. The van der Waals surface area contributed by atoms with Crippen molar-refractivity contribution in [2.45, 2.75) is 127 Å². The number of rotatable bonds is 8. The number of aromatic nitrogens is 2. The topological polar surface area (TPSA) is 167 Å². The minimum Gasteiger partial charge on any atom is -0.396 e. The molecular formula is C42H58N6O6. The summed E-state index contributed by atoms with van der Waals surface area (Å²) in [5, 5.41) is 33.5. The van der Waals surface area contributed by atoms with Crippen LogP contribution in [0.5, 0.6) is 0 Å². The first-order chi connectivity index (χ1) is 26.3. The molecule has 4 bridgehead atoms. The molecule has 2 saturated heterocycles. The van der Waals surface area contributed by atoms with Crippen LogP contribution in [0, 0.1) is 23.7 Å². The predicted molar refractivity (Wildman–Crippen MR) is 208 cm³/mol. The summed E-state index contributed by atoms with van der Waals surface area (Å²) in [5.41, 5.74) is 2.98. The summed E-state index contributed by atoms with van der Waals surface area (Å²) in [6.45, 7) is 4.66. The van der Waals surface area contributed by atoms with Crippen molar-refractivity contribution in [2.75, 3.05) is 13.2 Å². The zero-order valence-corrected chi connectivity index (χ0v) is 31.7. The Labute approximate surface area is 317 Å². The highest BCUT2D eigenvalue weighted by molar-refractivity contribution is 5.81. The second-order valence-corrected chi connectivity index (χ2v) is 16.2. The van der Waals surface area contributed by atoms with E-state index in [4.69, 9.17) is 0 Å². The van der Waals surface area contributed by atoms with Crippen LogP contribution in [0.4, 0.5) is 0 Å². The molecule has 4 aliphatic heterocycles. The van der Waals surface area contributed by atoms with Gasteiger partial charge in [-0.2, -0.15) is 0 Å². The minimum absolute atomic E-state index is 0.0133. The van der Waals surface area contributed by atoms with Gasteiger partial charge in [0.05, 0.1) is 23.9 Å². The number of allylic oxidation sites excluding steroid dienone is 2. The van der Waals surface area contributed by atoms with Crippen molar-refractivity contribution < 1.29 is 19.8 Å². The molecule has 6 N–H and O–H groups in total. The van der Waals surface area contributed by atoms with E-state index in [2.05, 4.69) is 21.3 Å². The Hall–Kier alpha value is -3.84. The van der Waals surface area contributed by atoms with E-state index >= 15 is 0 Å². The van der Waals surface area contributed by atoms with E-state index in [1.807, 2.05) is 62.4 Å². The lowest BCUT2D eigenvalue weighted by atomic mass is 9.85. The molecule has 0 unspecified atom stereocenters. The third-order valence-corrected chi connectivity index (χ3v) is 13.0. The molecule has 8 atom stereocenters. The maximum atomic E-state index is 13.1. The molecule has 4 fully saturated rings. The minimum atomic E-state index is -0.345. The van der Waals surface area contributed by atoms with Gasteiger partial charge in [-0.15, -0.1) is 0 Å². The van der Waals surface area contributed by atoms with Crippen molar-refractivity contribution in [1.82, 2.24) is 30.4 Å². The predicted octanol–water partition coefficient (Wildman–Crippen LogP) is 3.16. The monoisotopic (exact) mass is 742 g/mol. The van der Waals surface area contributed by atoms with Gasteiger partial charge in [-0.05, 0) is 63.8 Å². The van der Waals surface area contributed by atoms with E-state index in [1.54, 1.807) is 9.13 Å². The number of hydrogen-bond donors (Lipinski definition) is 6. The fourth-order valence-corrected chi connectivity index (χ4v) is 10.2. The van der Waals surface area contributed by atoms with Gasteiger partial charge in [0.1, 0.15) is 0 Å². The number of fused-ring (bicyclic) bond motifs is 8. The van der Waals surface area contributed by atoms with Crippen molar-refractivity contribution in [3.8, 4) is 0 Å². The molecule has 292 valence electrons. The van der Waals surface area contributed by atoms with Crippen molar-refractivity contribution in [1.29, 1.82) is 0 Å². The largest absolute Gasteiger partial charge is 0.396 e. The zero-order chi connectivity index (χ0) is 37.9. The van der Waals surface area contributed by atoms with E-state index < -0.39 is 0 Å². The lowest BCUT2D eigenvalue weighted by Crippen LogP contribution is -2.44. The smallest absolute Gasteiger partial charge is 0.258 e. The Morgan fingerprint density at radius 1 is 0.667 bits per heavy atom. The van der Waals surface area contributed by atoms with Crippen LogP contribution < -0.4 is 32.4 Å². The standard InChI is InChI=1S/2C21H29N3O3/c2*1-2-6-13-9-10-17-19-18(20(26)22-14-7-4-3-5-8-14)15(12-25)16(23-19)11-24(17)21(13)27/h2*2,6,9-10,14-16,18-19,23,25H,3-5,7-8,11-12H2,1H3,(H,22,26)/b6-2+;6-2-/t2*15-,16-,18+,19+/m11/s1. The van der Waals surface area contributed by atoms with Gasteiger partial charge in [0.15, 0.2) is 0 Å². The van der Waals surface area contributed by atoms with Crippen molar-refractivity contribution in [3.05, 3.63) is 79.6 Å². The first kappa shape index (κ1) is 38.4. The molecule has 0 spiro atoms. The summed E-state index contributed by atoms with van der Waals surface area (Å²) in [7, 11) is 0. The summed E-state index contributed by atoms with van der Waals surface area (Å²) >= 11 is 0. The molecule has 6 aliphatic rings. The van der Waals surface area contributed by atoms with E-state index in [9.17, 15) is 29.4 Å². The number of pyridine rings is 2. The molecule has 2 aromatic heterocycles. The molecular weight excluding hydrogens is 684 g/mol. The Morgan fingerprint density at radius 3 is 1.41 bits per heavy atom. The van der Waals surface area contributed by atoms with Crippen LogP contribution in [-0.2, 0) is 22.7 Å². The van der Waals surface area contributed by atoms with Crippen molar-refractivity contribution >= 4 is 24.0 Å². The second-order valence-electron chi connectivity index (χ2n) is 16.2. The Morgan fingerprint density at radius 2 is 1.06 bits per heavy atom. The maximum absolute atomic E-state index is 13.1. The van der Waals surface area contributed by atoms with Gasteiger partial charge in [0.25, 0.3) is 11.1 Å². The number of amides is 2. The van der Waals surface area contributed by atoms with Crippen LogP contribution in [0.3, 0.4) is 0 Å². The van der Waals surface area contributed by atoms with Gasteiger partial charge in [-0.1, -0.05) is 62.8 Å². The highest BCUT2D eigenvalue weighted by Gasteiger charge is 2.52. The fourth-order valence-electron chi connectivity index (χ4n) is 10.2. The van der Waals surface area contributed by atoms with Gasteiger partial charge in [0.2, 0.25) is 11.8 Å². The average Bonchev–Trinajstić information content (AvgIpc) is 3.66. The van der Waals surface area contributed by atoms with Crippen molar-refractivity contribution in [3.63, 3.8) is 0 Å². The summed E-state index contributed by atoms with van der Waals surface area (Å²) < 4.78 is 3.58. The molecule has 2 aromatic rings. The first-order valence-electron chi connectivity index (χ1n) is 20.3. The average molecular weight is 743 g/mol. The highest BCUT2D eigenvalue weighted by atomic mass is 16.3. The highest BCUT2D eigenvalue weighted by Crippen LogP contribution is 2.42. The van der Waals surface area contributed by atoms with E-state index in [-0.39, 0.29) is 96.1 Å². The zero-order valence-electron chi connectivity index (χ0n) is 31.7. The number of carbonyl (C=O) groups excluding carboxylic acids is 2. The quantitative estimate of drug-likeness (QED) is 0.240. The van der Waals surface area contributed by atoms with Crippen LogP contribution in [0.2, 0.25) is 0 Å². The molecule has 0 radical (unpaired) electrons. The molecule has 12 heteroatoms.